The average Bonchev–Trinajstić information content (AvgIpc) is 3.41. The largest absolute Gasteiger partial charge is 0.460 e. The minimum Gasteiger partial charge on any atom is -0.460 e. The zero-order valence-electron chi connectivity index (χ0n) is 18.3. The van der Waals surface area contributed by atoms with Gasteiger partial charge in [0.05, 0.1) is 6.10 Å². The maximum atomic E-state index is 12.8. The molecule has 6 heteroatoms. The van der Waals surface area contributed by atoms with Crippen molar-refractivity contribution in [3.05, 3.63) is 44.5 Å². The van der Waals surface area contributed by atoms with Crippen molar-refractivity contribution in [1.82, 2.24) is 5.32 Å². The van der Waals surface area contributed by atoms with E-state index in [9.17, 15) is 9.59 Å². The summed E-state index contributed by atoms with van der Waals surface area (Å²) in [5.74, 6) is 1.01. The lowest BCUT2D eigenvalue weighted by Crippen LogP contribution is -2.32. The molecular weight excluding hydrogens is 394 g/mol. The lowest BCUT2D eigenvalue weighted by Gasteiger charge is -2.12. The van der Waals surface area contributed by atoms with E-state index >= 15 is 0 Å². The van der Waals surface area contributed by atoms with E-state index in [-0.39, 0.29) is 24.1 Å². The van der Waals surface area contributed by atoms with Crippen molar-refractivity contribution < 1.29 is 18.4 Å². The first-order valence-electron chi connectivity index (χ1n) is 11.4. The van der Waals surface area contributed by atoms with Gasteiger partial charge in [0.25, 0.3) is 0 Å². The maximum Gasteiger partial charge on any atom is 0.339 e. The molecule has 0 saturated carbocycles. The van der Waals surface area contributed by atoms with Crippen LogP contribution < -0.4 is 10.9 Å². The van der Waals surface area contributed by atoms with Crippen molar-refractivity contribution in [1.29, 1.82) is 0 Å². The Morgan fingerprint density at radius 3 is 2.68 bits per heavy atom. The van der Waals surface area contributed by atoms with E-state index in [4.69, 9.17) is 13.6 Å². The molecule has 5 rings (SSSR count). The molecule has 1 amide bonds. The molecule has 1 fully saturated rings. The van der Waals surface area contributed by atoms with Gasteiger partial charge in [-0.3, -0.25) is 4.79 Å². The van der Waals surface area contributed by atoms with Gasteiger partial charge >= 0.3 is 5.63 Å². The van der Waals surface area contributed by atoms with Crippen molar-refractivity contribution >= 4 is 27.8 Å². The number of aryl methyl sites for hydroxylation is 4. The normalized spacial score (nSPS) is 18.6. The van der Waals surface area contributed by atoms with Crippen LogP contribution in [-0.2, 0) is 28.8 Å². The fraction of sp³-hybridized carbons (Fsp3) is 0.520. The third kappa shape index (κ3) is 3.67. The first kappa shape index (κ1) is 20.3. The van der Waals surface area contributed by atoms with E-state index in [0.29, 0.717) is 24.1 Å². The number of hydrogen-bond donors (Lipinski definition) is 1. The minimum atomic E-state index is -0.365. The molecule has 0 radical (unpaired) electrons. The molecule has 3 heterocycles. The van der Waals surface area contributed by atoms with Crippen LogP contribution in [0.25, 0.3) is 21.9 Å². The number of nitrogens with one attached hydrogen (secondary N) is 1. The standard InChI is InChI=1S/C25H29NO5/c1-14-17(9-10-22(27)26-13-16-6-5-11-29-16)25(28)31-23-15(2)24-20(12-19(14)23)18-7-3-4-8-21(18)30-24/h12,16H,3-11,13H2,1-2H3,(H,26,27). The molecule has 31 heavy (non-hydrogen) atoms. The zero-order valence-corrected chi connectivity index (χ0v) is 18.3. The van der Waals surface area contributed by atoms with E-state index in [0.717, 1.165) is 72.0 Å². The molecular formula is C25H29NO5. The summed E-state index contributed by atoms with van der Waals surface area (Å²) in [6, 6.07) is 2.12. The van der Waals surface area contributed by atoms with E-state index in [1.54, 1.807) is 0 Å². The number of furan rings is 1. The van der Waals surface area contributed by atoms with Gasteiger partial charge in [-0.25, -0.2) is 4.79 Å². The number of amides is 1. The molecule has 1 atom stereocenters. The van der Waals surface area contributed by atoms with Gasteiger partial charge < -0.3 is 18.9 Å². The fourth-order valence-corrected chi connectivity index (χ4v) is 5.07. The first-order valence-corrected chi connectivity index (χ1v) is 11.4. The molecule has 164 valence electrons. The predicted octanol–water partition coefficient (Wildman–Crippen LogP) is 4.26. The minimum absolute atomic E-state index is 0.0649. The Labute approximate surface area is 180 Å². The summed E-state index contributed by atoms with van der Waals surface area (Å²) in [4.78, 5) is 25.1. The summed E-state index contributed by atoms with van der Waals surface area (Å²) in [6.07, 6.45) is 7.09. The average molecular weight is 424 g/mol. The van der Waals surface area contributed by atoms with Crippen LogP contribution in [0.15, 0.2) is 19.7 Å². The maximum absolute atomic E-state index is 12.8. The van der Waals surface area contributed by atoms with Gasteiger partial charge in [0.15, 0.2) is 0 Å². The number of carbonyl (C=O) groups is 1. The van der Waals surface area contributed by atoms with Crippen LogP contribution in [0.3, 0.4) is 0 Å². The number of ether oxygens (including phenoxy) is 1. The molecule has 3 aromatic rings. The molecule has 1 aliphatic carbocycles. The van der Waals surface area contributed by atoms with E-state index in [1.165, 1.54) is 12.0 Å². The molecule has 2 aliphatic rings. The Morgan fingerprint density at radius 2 is 1.87 bits per heavy atom. The predicted molar refractivity (Wildman–Crippen MR) is 119 cm³/mol. The number of fused-ring (bicyclic) bond motifs is 4. The molecule has 2 aromatic heterocycles. The summed E-state index contributed by atoms with van der Waals surface area (Å²) < 4.78 is 17.5. The molecule has 1 N–H and O–H groups in total. The summed E-state index contributed by atoms with van der Waals surface area (Å²) >= 11 is 0. The molecule has 1 aliphatic heterocycles. The van der Waals surface area contributed by atoms with Gasteiger partial charge in [0.1, 0.15) is 16.9 Å². The highest BCUT2D eigenvalue weighted by Gasteiger charge is 2.23. The number of hydrogen-bond acceptors (Lipinski definition) is 5. The lowest BCUT2D eigenvalue weighted by molar-refractivity contribution is -0.121. The van der Waals surface area contributed by atoms with E-state index in [2.05, 4.69) is 11.4 Å². The van der Waals surface area contributed by atoms with Crippen molar-refractivity contribution in [3.8, 4) is 0 Å². The molecule has 6 nitrogen and oxygen atoms in total. The second-order valence-corrected chi connectivity index (χ2v) is 8.90. The van der Waals surface area contributed by atoms with E-state index < -0.39 is 0 Å². The van der Waals surface area contributed by atoms with Gasteiger partial charge in [0.2, 0.25) is 5.91 Å². The molecule has 0 bridgehead atoms. The van der Waals surface area contributed by atoms with Gasteiger partial charge in [-0.15, -0.1) is 0 Å². The molecule has 1 aromatic carbocycles. The monoisotopic (exact) mass is 423 g/mol. The highest BCUT2D eigenvalue weighted by Crippen LogP contribution is 2.37. The third-order valence-corrected chi connectivity index (χ3v) is 6.88. The number of rotatable bonds is 5. The van der Waals surface area contributed by atoms with Crippen molar-refractivity contribution in [2.24, 2.45) is 0 Å². The van der Waals surface area contributed by atoms with Crippen LogP contribution in [0, 0.1) is 13.8 Å². The van der Waals surface area contributed by atoms with Crippen LogP contribution in [0.2, 0.25) is 0 Å². The van der Waals surface area contributed by atoms with E-state index in [1.807, 2.05) is 13.8 Å². The Bertz CT molecular complexity index is 1210. The zero-order chi connectivity index (χ0) is 21.5. The Morgan fingerprint density at radius 1 is 1.06 bits per heavy atom. The van der Waals surface area contributed by atoms with Crippen LogP contribution >= 0.6 is 0 Å². The second kappa shape index (κ2) is 8.15. The topological polar surface area (TPSA) is 81.7 Å². The number of benzene rings is 1. The smallest absolute Gasteiger partial charge is 0.339 e. The van der Waals surface area contributed by atoms with Gasteiger partial charge in [-0.1, -0.05) is 0 Å². The van der Waals surface area contributed by atoms with Crippen molar-refractivity contribution in [2.45, 2.75) is 71.3 Å². The first-order chi connectivity index (χ1) is 15.0. The van der Waals surface area contributed by atoms with Crippen LogP contribution in [0.5, 0.6) is 0 Å². The highest BCUT2D eigenvalue weighted by molar-refractivity contribution is 6.00. The molecule has 1 saturated heterocycles. The number of carbonyl (C=O) groups excluding carboxylic acids is 1. The van der Waals surface area contributed by atoms with Gasteiger partial charge in [-0.2, -0.15) is 0 Å². The van der Waals surface area contributed by atoms with Crippen molar-refractivity contribution in [3.63, 3.8) is 0 Å². The Kier molecular flexibility index (Phi) is 5.34. The second-order valence-electron chi connectivity index (χ2n) is 8.90. The third-order valence-electron chi connectivity index (χ3n) is 6.88. The summed E-state index contributed by atoms with van der Waals surface area (Å²) in [6.45, 7) is 5.22. The van der Waals surface area contributed by atoms with Crippen molar-refractivity contribution in [2.75, 3.05) is 13.2 Å². The summed E-state index contributed by atoms with van der Waals surface area (Å²) in [5, 5.41) is 5.00. The Balaban J connectivity index is 1.44. The molecule has 1 unspecified atom stereocenters. The van der Waals surface area contributed by atoms with Gasteiger partial charge in [-0.05, 0) is 64.0 Å². The van der Waals surface area contributed by atoms with Crippen LogP contribution in [0.1, 0.15) is 60.1 Å². The SMILES string of the molecule is Cc1c(CCC(=O)NCC2CCCO2)c(=O)oc2c(C)c3oc4c(c3cc12)CCCC4. The van der Waals surface area contributed by atoms with Crippen LogP contribution in [-0.4, -0.2) is 25.2 Å². The Hall–Kier alpha value is -2.60. The lowest BCUT2D eigenvalue weighted by atomic mass is 9.93. The highest BCUT2D eigenvalue weighted by atomic mass is 16.5. The summed E-state index contributed by atoms with van der Waals surface area (Å²) in [5.41, 5.74) is 4.71. The fourth-order valence-electron chi connectivity index (χ4n) is 5.07. The van der Waals surface area contributed by atoms with Crippen LogP contribution in [0.4, 0.5) is 0 Å². The quantitative estimate of drug-likeness (QED) is 0.620. The summed E-state index contributed by atoms with van der Waals surface area (Å²) in [7, 11) is 0. The molecule has 0 spiro atoms. The van der Waals surface area contributed by atoms with Gasteiger partial charge in [0, 0.05) is 53.5 Å².